The third kappa shape index (κ3) is 13.4. The molecule has 40 heavy (non-hydrogen) atoms. The summed E-state index contributed by atoms with van der Waals surface area (Å²) >= 11 is 0. The Bertz CT molecular complexity index is 981. The van der Waals surface area contributed by atoms with Gasteiger partial charge in [0.2, 0.25) is 11.8 Å². The Morgan fingerprint density at radius 1 is 0.950 bits per heavy atom. The second-order valence-corrected chi connectivity index (χ2v) is 13.0. The molecule has 0 aliphatic rings. The van der Waals surface area contributed by atoms with Crippen molar-refractivity contribution in [2.24, 2.45) is 5.92 Å². The van der Waals surface area contributed by atoms with Crippen molar-refractivity contribution in [1.82, 2.24) is 15.5 Å². The van der Waals surface area contributed by atoms with Gasteiger partial charge < -0.3 is 20.3 Å². The van der Waals surface area contributed by atoms with Gasteiger partial charge in [-0.15, -0.1) is 6.42 Å². The summed E-state index contributed by atoms with van der Waals surface area (Å²) in [7, 11) is 0. The normalized spacial score (nSPS) is 13.2. The number of amides is 3. The molecule has 0 spiro atoms. The SMILES string of the molecule is C#Cc1ccc(C(C(=O)NC(C)(C)C)N(CCCCCCCC)C(=O)C(CC(C)C)NC(=O)OC(C)(C)C)cc1. The van der Waals surface area contributed by atoms with E-state index in [-0.39, 0.29) is 17.7 Å². The van der Waals surface area contributed by atoms with Crippen LogP contribution in [0.5, 0.6) is 0 Å². The van der Waals surface area contributed by atoms with Crippen molar-refractivity contribution < 1.29 is 19.1 Å². The van der Waals surface area contributed by atoms with Crippen LogP contribution in [-0.4, -0.2) is 46.5 Å². The lowest BCUT2D eigenvalue weighted by Gasteiger charge is -2.36. The molecule has 1 aromatic carbocycles. The Kier molecular flexibility index (Phi) is 14.3. The van der Waals surface area contributed by atoms with Crippen LogP contribution < -0.4 is 10.6 Å². The van der Waals surface area contributed by atoms with Crippen molar-refractivity contribution in [1.29, 1.82) is 0 Å². The summed E-state index contributed by atoms with van der Waals surface area (Å²) in [6.45, 7) is 17.6. The fraction of sp³-hybridized carbons (Fsp3) is 0.667. The van der Waals surface area contributed by atoms with Gasteiger partial charge >= 0.3 is 6.09 Å². The molecule has 2 atom stereocenters. The highest BCUT2D eigenvalue weighted by Crippen LogP contribution is 2.26. The van der Waals surface area contributed by atoms with Crippen LogP contribution in [0.4, 0.5) is 4.79 Å². The number of nitrogens with zero attached hydrogens (tertiary/aromatic N) is 1. The van der Waals surface area contributed by atoms with Crippen LogP contribution in [0.1, 0.15) is 124 Å². The summed E-state index contributed by atoms with van der Waals surface area (Å²) in [6, 6.07) is 5.45. The Morgan fingerprint density at radius 3 is 2.02 bits per heavy atom. The molecule has 224 valence electrons. The van der Waals surface area contributed by atoms with Crippen LogP contribution in [0.15, 0.2) is 24.3 Å². The van der Waals surface area contributed by atoms with Crippen LogP contribution in [0.25, 0.3) is 0 Å². The van der Waals surface area contributed by atoms with Gasteiger partial charge in [-0.1, -0.05) is 70.9 Å². The number of carbonyl (C=O) groups excluding carboxylic acids is 3. The number of rotatable bonds is 14. The third-order valence-electron chi connectivity index (χ3n) is 6.18. The molecular formula is C33H53N3O4. The number of alkyl carbamates (subject to hydrolysis) is 1. The molecule has 7 nitrogen and oxygen atoms in total. The Morgan fingerprint density at radius 2 is 1.52 bits per heavy atom. The zero-order valence-electron chi connectivity index (χ0n) is 26.4. The zero-order valence-corrected chi connectivity index (χ0v) is 26.4. The molecule has 0 radical (unpaired) electrons. The van der Waals surface area contributed by atoms with Crippen LogP contribution >= 0.6 is 0 Å². The average molecular weight is 556 g/mol. The number of unbranched alkanes of at least 4 members (excludes halogenated alkanes) is 5. The van der Waals surface area contributed by atoms with Gasteiger partial charge in [0.1, 0.15) is 17.7 Å². The van der Waals surface area contributed by atoms with E-state index in [9.17, 15) is 14.4 Å². The Labute approximate surface area is 243 Å². The Balaban J connectivity index is 3.51. The largest absolute Gasteiger partial charge is 0.444 e. The lowest BCUT2D eigenvalue weighted by molar-refractivity contribution is -0.143. The molecule has 0 heterocycles. The summed E-state index contributed by atoms with van der Waals surface area (Å²) in [4.78, 5) is 42.5. The molecule has 2 unspecified atom stereocenters. The number of terminal acetylenes is 1. The lowest BCUT2D eigenvalue weighted by atomic mass is 9.97. The van der Waals surface area contributed by atoms with Crippen molar-refractivity contribution in [3.05, 3.63) is 35.4 Å². The molecule has 3 amide bonds. The second-order valence-electron chi connectivity index (χ2n) is 13.0. The molecule has 1 aromatic rings. The highest BCUT2D eigenvalue weighted by molar-refractivity contribution is 5.92. The first-order valence-corrected chi connectivity index (χ1v) is 14.8. The van der Waals surface area contributed by atoms with E-state index in [2.05, 4.69) is 23.5 Å². The molecule has 0 aromatic heterocycles. The monoisotopic (exact) mass is 555 g/mol. The topological polar surface area (TPSA) is 87.7 Å². The van der Waals surface area contributed by atoms with Gasteiger partial charge in [0.15, 0.2) is 0 Å². The van der Waals surface area contributed by atoms with E-state index in [1.165, 1.54) is 6.42 Å². The molecule has 2 N–H and O–H groups in total. The first kappa shape index (κ1) is 35.0. The van der Waals surface area contributed by atoms with E-state index < -0.39 is 29.3 Å². The molecule has 7 heteroatoms. The maximum Gasteiger partial charge on any atom is 0.408 e. The number of ether oxygens (including phenoxy) is 1. The smallest absolute Gasteiger partial charge is 0.408 e. The molecule has 0 aliphatic heterocycles. The van der Waals surface area contributed by atoms with Crippen LogP contribution in [-0.2, 0) is 14.3 Å². The molecule has 0 saturated carbocycles. The van der Waals surface area contributed by atoms with Gasteiger partial charge in [0.25, 0.3) is 0 Å². The van der Waals surface area contributed by atoms with Gasteiger partial charge in [-0.05, 0) is 78.0 Å². The van der Waals surface area contributed by atoms with E-state index in [1.54, 1.807) is 37.8 Å². The minimum Gasteiger partial charge on any atom is -0.444 e. The number of nitrogens with one attached hydrogen (secondary N) is 2. The van der Waals surface area contributed by atoms with Crippen LogP contribution in [0, 0.1) is 18.3 Å². The van der Waals surface area contributed by atoms with Gasteiger partial charge in [-0.3, -0.25) is 9.59 Å². The van der Waals surface area contributed by atoms with E-state index in [4.69, 9.17) is 11.2 Å². The highest BCUT2D eigenvalue weighted by Gasteiger charge is 2.37. The summed E-state index contributed by atoms with van der Waals surface area (Å²) < 4.78 is 5.48. The number of hydrogen-bond acceptors (Lipinski definition) is 4. The number of carbonyl (C=O) groups is 3. The lowest BCUT2D eigenvalue weighted by Crippen LogP contribution is -2.55. The maximum absolute atomic E-state index is 14.3. The van der Waals surface area contributed by atoms with Crippen LogP contribution in [0.2, 0.25) is 0 Å². The quantitative estimate of drug-likeness (QED) is 0.196. The summed E-state index contributed by atoms with van der Waals surface area (Å²) in [6.07, 6.45) is 11.6. The average Bonchev–Trinajstić information content (AvgIpc) is 2.82. The van der Waals surface area contributed by atoms with E-state index in [1.807, 2.05) is 46.8 Å². The van der Waals surface area contributed by atoms with E-state index in [0.29, 0.717) is 24.1 Å². The molecule has 0 aliphatic carbocycles. The highest BCUT2D eigenvalue weighted by atomic mass is 16.6. The first-order chi connectivity index (χ1) is 18.6. The molecule has 1 rings (SSSR count). The van der Waals surface area contributed by atoms with Gasteiger partial charge in [0, 0.05) is 17.6 Å². The first-order valence-electron chi connectivity index (χ1n) is 14.8. The zero-order chi connectivity index (χ0) is 30.5. The summed E-state index contributed by atoms with van der Waals surface area (Å²) in [5, 5.41) is 5.87. The van der Waals surface area contributed by atoms with Gasteiger partial charge in [0.05, 0.1) is 0 Å². The van der Waals surface area contributed by atoms with Gasteiger partial charge in [-0.2, -0.15) is 0 Å². The minimum absolute atomic E-state index is 0.122. The summed E-state index contributed by atoms with van der Waals surface area (Å²) in [5.74, 6) is 2.15. The molecule has 0 saturated heterocycles. The van der Waals surface area contributed by atoms with E-state index >= 15 is 0 Å². The fourth-order valence-electron chi connectivity index (χ4n) is 4.44. The number of benzene rings is 1. The van der Waals surface area contributed by atoms with Crippen LogP contribution in [0.3, 0.4) is 0 Å². The van der Waals surface area contributed by atoms with Gasteiger partial charge in [-0.25, -0.2) is 4.79 Å². The van der Waals surface area contributed by atoms with Crippen molar-refractivity contribution >= 4 is 17.9 Å². The predicted molar refractivity (Wildman–Crippen MR) is 163 cm³/mol. The standard InChI is InChI=1S/C33H53N3O4/c1-11-13-14-15-16-17-22-36(30(38)27(23-24(3)4)34-31(39)40-33(8,9)10)28(29(37)35-32(5,6)7)26-20-18-25(12-2)19-21-26/h2,18-21,24,27-28H,11,13-17,22-23H2,1,3-10H3,(H,34,39)(H,35,37). The Hall–Kier alpha value is -3.01. The third-order valence-corrected chi connectivity index (χ3v) is 6.18. The summed E-state index contributed by atoms with van der Waals surface area (Å²) in [5.41, 5.74) is 0.147. The molecule has 0 bridgehead atoms. The van der Waals surface area contributed by atoms with E-state index in [0.717, 1.165) is 32.1 Å². The van der Waals surface area contributed by atoms with Crippen molar-refractivity contribution in [3.8, 4) is 12.3 Å². The predicted octanol–water partition coefficient (Wildman–Crippen LogP) is 6.75. The van der Waals surface area contributed by atoms with Crippen molar-refractivity contribution in [2.45, 2.75) is 130 Å². The maximum atomic E-state index is 14.3. The number of hydrogen-bond donors (Lipinski definition) is 2. The second kappa shape index (κ2) is 16.3. The molecule has 0 fully saturated rings. The van der Waals surface area contributed by atoms with Crippen molar-refractivity contribution in [3.63, 3.8) is 0 Å². The fourth-order valence-corrected chi connectivity index (χ4v) is 4.44. The minimum atomic E-state index is -0.885. The van der Waals surface area contributed by atoms with Crippen molar-refractivity contribution in [2.75, 3.05) is 6.54 Å². The molecular weight excluding hydrogens is 502 g/mol.